The monoisotopic (exact) mass is 372 g/mol. The summed E-state index contributed by atoms with van der Waals surface area (Å²) in [4.78, 5) is 4.85. The normalized spacial score (nSPS) is 16.8. The molecule has 26 heavy (non-hydrogen) atoms. The average Bonchev–Trinajstić information content (AvgIpc) is 3.31. The van der Waals surface area contributed by atoms with Gasteiger partial charge in [-0.2, -0.15) is 9.29 Å². The first kappa shape index (κ1) is 17.0. The summed E-state index contributed by atoms with van der Waals surface area (Å²) in [6.45, 7) is 0.896. The fraction of sp³-hybridized carbons (Fsp3) is 0.333. The van der Waals surface area contributed by atoms with E-state index >= 15 is 0 Å². The van der Waals surface area contributed by atoms with Gasteiger partial charge in [0.05, 0.1) is 10.6 Å². The molecule has 8 heteroatoms. The third-order valence-electron chi connectivity index (χ3n) is 4.80. The molecule has 0 unspecified atom stereocenters. The van der Waals surface area contributed by atoms with Gasteiger partial charge in [0.15, 0.2) is 0 Å². The van der Waals surface area contributed by atoms with Gasteiger partial charge >= 0.3 is 0 Å². The number of nitrogens with zero attached hydrogens (tertiary/aromatic N) is 4. The van der Waals surface area contributed by atoms with Gasteiger partial charge in [-0.3, -0.25) is 0 Å². The number of rotatable bonds is 4. The second kappa shape index (κ2) is 6.69. The minimum absolute atomic E-state index is 0.0822. The van der Waals surface area contributed by atoms with Crippen molar-refractivity contribution in [3.8, 4) is 11.5 Å². The van der Waals surface area contributed by atoms with Crippen molar-refractivity contribution in [3.63, 3.8) is 0 Å². The largest absolute Gasteiger partial charge is 0.348 e. The van der Waals surface area contributed by atoms with Crippen LogP contribution in [0.5, 0.6) is 0 Å². The van der Waals surface area contributed by atoms with Crippen LogP contribution in [0, 0.1) is 0 Å². The van der Waals surface area contributed by atoms with E-state index in [0.717, 1.165) is 5.69 Å². The molecule has 0 aliphatic carbocycles. The van der Waals surface area contributed by atoms with E-state index in [1.807, 2.05) is 36.0 Å². The van der Waals surface area contributed by atoms with Gasteiger partial charge in [0.25, 0.3) is 0 Å². The van der Waals surface area contributed by atoms with Gasteiger partial charge < -0.3 is 9.09 Å². The van der Waals surface area contributed by atoms with Crippen molar-refractivity contribution in [1.29, 1.82) is 0 Å². The molecule has 4 rings (SSSR count). The molecule has 1 aliphatic heterocycles. The Hall–Kier alpha value is -2.45. The molecule has 1 saturated heterocycles. The quantitative estimate of drug-likeness (QED) is 0.703. The number of aryl methyl sites for hydroxylation is 1. The van der Waals surface area contributed by atoms with E-state index in [-0.39, 0.29) is 5.92 Å². The molecule has 1 aliphatic rings. The molecule has 0 bridgehead atoms. The summed E-state index contributed by atoms with van der Waals surface area (Å²) in [5.41, 5.74) is 0.893. The van der Waals surface area contributed by atoms with E-state index in [2.05, 4.69) is 10.1 Å². The van der Waals surface area contributed by atoms with Crippen LogP contribution in [0.25, 0.3) is 11.5 Å². The average molecular weight is 372 g/mol. The molecule has 0 N–H and O–H groups in total. The van der Waals surface area contributed by atoms with Crippen LogP contribution in [0.4, 0.5) is 0 Å². The molecule has 0 atom stereocenters. The topological polar surface area (TPSA) is 81.2 Å². The molecule has 3 aromatic rings. The van der Waals surface area contributed by atoms with Crippen molar-refractivity contribution in [2.75, 3.05) is 13.1 Å². The highest BCUT2D eigenvalue weighted by molar-refractivity contribution is 7.89. The highest BCUT2D eigenvalue weighted by atomic mass is 32.2. The lowest BCUT2D eigenvalue weighted by molar-refractivity contribution is 0.270. The van der Waals surface area contributed by atoms with Crippen molar-refractivity contribution >= 4 is 10.0 Å². The van der Waals surface area contributed by atoms with Crippen LogP contribution in [0.15, 0.2) is 58.1 Å². The second-order valence-electron chi connectivity index (χ2n) is 6.45. The molecule has 0 radical (unpaired) electrons. The molecule has 0 saturated carbocycles. The molecule has 136 valence electrons. The van der Waals surface area contributed by atoms with Crippen molar-refractivity contribution in [2.24, 2.45) is 7.05 Å². The first-order valence-corrected chi connectivity index (χ1v) is 10.0. The van der Waals surface area contributed by atoms with Crippen LogP contribution >= 0.6 is 0 Å². The van der Waals surface area contributed by atoms with Gasteiger partial charge in [0.1, 0.15) is 0 Å². The van der Waals surface area contributed by atoms with E-state index in [0.29, 0.717) is 42.5 Å². The maximum atomic E-state index is 12.7. The van der Waals surface area contributed by atoms with Gasteiger partial charge in [-0.15, -0.1) is 0 Å². The van der Waals surface area contributed by atoms with Crippen LogP contribution in [-0.2, 0) is 17.1 Å². The Morgan fingerprint density at radius 3 is 2.46 bits per heavy atom. The minimum Gasteiger partial charge on any atom is -0.348 e. The molecular weight excluding hydrogens is 352 g/mol. The maximum Gasteiger partial charge on any atom is 0.243 e. The predicted octanol–water partition coefficient (Wildman–Crippen LogP) is 2.64. The Labute approximate surface area is 152 Å². The SMILES string of the molecule is Cn1cccc1-c1noc(C2CCN(S(=O)(=O)c3ccccc3)CC2)n1. The Balaban J connectivity index is 1.46. The van der Waals surface area contributed by atoms with Crippen molar-refractivity contribution < 1.29 is 12.9 Å². The number of hydrogen-bond acceptors (Lipinski definition) is 5. The van der Waals surface area contributed by atoms with Crippen LogP contribution in [-0.4, -0.2) is 40.5 Å². The van der Waals surface area contributed by atoms with Gasteiger partial charge in [-0.25, -0.2) is 8.42 Å². The molecule has 0 spiro atoms. The van der Waals surface area contributed by atoms with Crippen LogP contribution < -0.4 is 0 Å². The van der Waals surface area contributed by atoms with Crippen LogP contribution in [0.2, 0.25) is 0 Å². The molecular formula is C18H20N4O3S. The van der Waals surface area contributed by atoms with Gasteiger partial charge in [-0.05, 0) is 37.1 Å². The standard InChI is InChI=1S/C18H20N4O3S/c1-21-11-5-8-16(21)17-19-18(25-20-17)14-9-12-22(13-10-14)26(23,24)15-6-3-2-4-7-15/h2-8,11,14H,9-10,12-13H2,1H3. The number of benzene rings is 1. The molecule has 3 heterocycles. The van der Waals surface area contributed by atoms with E-state index in [4.69, 9.17) is 4.52 Å². The first-order chi connectivity index (χ1) is 12.6. The summed E-state index contributed by atoms with van der Waals surface area (Å²) < 4.78 is 34.3. The highest BCUT2D eigenvalue weighted by Crippen LogP contribution is 2.30. The van der Waals surface area contributed by atoms with Crippen molar-refractivity contribution in [2.45, 2.75) is 23.7 Å². The fourth-order valence-electron chi connectivity index (χ4n) is 3.28. The Morgan fingerprint density at radius 2 is 1.81 bits per heavy atom. The second-order valence-corrected chi connectivity index (χ2v) is 8.39. The number of hydrogen-bond donors (Lipinski definition) is 0. The smallest absolute Gasteiger partial charge is 0.243 e. The lowest BCUT2D eigenvalue weighted by atomic mass is 9.98. The summed E-state index contributed by atoms with van der Waals surface area (Å²) in [7, 11) is -1.51. The highest BCUT2D eigenvalue weighted by Gasteiger charge is 2.32. The van der Waals surface area contributed by atoms with Crippen molar-refractivity contribution in [3.05, 3.63) is 54.6 Å². The van der Waals surface area contributed by atoms with Crippen LogP contribution in [0.3, 0.4) is 0 Å². The zero-order valence-corrected chi connectivity index (χ0v) is 15.3. The number of sulfonamides is 1. The van der Waals surface area contributed by atoms with E-state index < -0.39 is 10.0 Å². The third kappa shape index (κ3) is 3.06. The van der Waals surface area contributed by atoms with E-state index in [9.17, 15) is 8.42 Å². The summed E-state index contributed by atoms with van der Waals surface area (Å²) in [6, 6.07) is 12.4. The van der Waals surface area contributed by atoms with Crippen LogP contribution in [0.1, 0.15) is 24.7 Å². The zero-order chi connectivity index (χ0) is 18.1. The van der Waals surface area contributed by atoms with E-state index in [1.165, 1.54) is 4.31 Å². The molecule has 1 aromatic carbocycles. The Bertz CT molecular complexity index is 986. The summed E-state index contributed by atoms with van der Waals surface area (Å²) >= 11 is 0. The zero-order valence-electron chi connectivity index (χ0n) is 14.4. The molecule has 7 nitrogen and oxygen atoms in total. The van der Waals surface area contributed by atoms with Gasteiger partial charge in [0, 0.05) is 32.3 Å². The third-order valence-corrected chi connectivity index (χ3v) is 6.71. The Kier molecular flexibility index (Phi) is 4.37. The maximum absolute atomic E-state index is 12.7. The lowest BCUT2D eigenvalue weighted by Gasteiger charge is -2.29. The minimum atomic E-state index is -3.44. The Morgan fingerprint density at radius 1 is 1.08 bits per heavy atom. The number of piperidine rings is 1. The molecule has 0 amide bonds. The molecule has 1 fully saturated rings. The predicted molar refractivity (Wildman–Crippen MR) is 95.9 cm³/mol. The molecule has 2 aromatic heterocycles. The van der Waals surface area contributed by atoms with Gasteiger partial charge in [-0.1, -0.05) is 23.4 Å². The van der Waals surface area contributed by atoms with Gasteiger partial charge in [0.2, 0.25) is 21.7 Å². The fourth-order valence-corrected chi connectivity index (χ4v) is 4.77. The first-order valence-electron chi connectivity index (χ1n) is 8.56. The lowest BCUT2D eigenvalue weighted by Crippen LogP contribution is -2.37. The summed E-state index contributed by atoms with van der Waals surface area (Å²) in [5, 5.41) is 4.07. The summed E-state index contributed by atoms with van der Waals surface area (Å²) in [5.74, 6) is 1.23. The van der Waals surface area contributed by atoms with Crippen molar-refractivity contribution in [1.82, 2.24) is 19.0 Å². The van der Waals surface area contributed by atoms with E-state index in [1.54, 1.807) is 24.3 Å². The summed E-state index contributed by atoms with van der Waals surface area (Å²) in [6.07, 6.45) is 3.26. The number of aromatic nitrogens is 3.